The molecule has 2 amide bonds. The van der Waals surface area contributed by atoms with Crippen molar-refractivity contribution in [3.8, 4) is 0 Å². The van der Waals surface area contributed by atoms with E-state index in [1.807, 2.05) is 0 Å². The van der Waals surface area contributed by atoms with E-state index in [-0.39, 0.29) is 29.6 Å². The van der Waals surface area contributed by atoms with Crippen LogP contribution >= 0.6 is 34.9 Å². The van der Waals surface area contributed by atoms with Crippen LogP contribution in [0.5, 0.6) is 0 Å². The summed E-state index contributed by atoms with van der Waals surface area (Å²) < 4.78 is -1.28. The number of amides is 2. The first-order chi connectivity index (χ1) is 15.4. The number of carboxylic acid groups (broad SMARTS) is 2. The maximum Gasteiger partial charge on any atom is 0.350 e. The molecule has 33 heavy (non-hydrogen) atoms. The maximum absolute atomic E-state index is 13.0. The topological polar surface area (TPSA) is 211 Å². The highest BCUT2D eigenvalue weighted by atomic mass is 32.2. The lowest BCUT2D eigenvalue weighted by atomic mass is 10.1. The van der Waals surface area contributed by atoms with Gasteiger partial charge in [0.25, 0.3) is 5.91 Å². The van der Waals surface area contributed by atoms with Crippen molar-refractivity contribution in [1.29, 1.82) is 0 Å². The Morgan fingerprint density at radius 1 is 1.45 bits per heavy atom. The Labute approximate surface area is 200 Å². The Kier molecular flexibility index (Phi) is 7.11. The lowest BCUT2D eigenvalue weighted by molar-refractivity contribution is -0.161. The SMILES string of the molecule is CC(C)(O/N=C(\C(=O)N[C@@H]1C(=O)N2C[C@](SCCN)(C(=O)O)S[C@H]12)c1csc(N)n1)C(=O)O. The Morgan fingerprint density at radius 2 is 2.15 bits per heavy atom. The molecular formula is C17H22N6O7S3. The van der Waals surface area contributed by atoms with Crippen LogP contribution in [0.3, 0.4) is 0 Å². The lowest BCUT2D eigenvalue weighted by Gasteiger charge is -2.41. The van der Waals surface area contributed by atoms with E-state index in [1.165, 1.54) is 24.1 Å². The summed E-state index contributed by atoms with van der Waals surface area (Å²) >= 11 is 3.23. The molecule has 0 unspecified atom stereocenters. The van der Waals surface area contributed by atoms with Crippen molar-refractivity contribution in [2.75, 3.05) is 24.6 Å². The molecule has 0 bridgehead atoms. The number of nitrogen functional groups attached to an aromatic ring is 1. The van der Waals surface area contributed by atoms with E-state index >= 15 is 0 Å². The fourth-order valence-corrected chi connectivity index (χ4v) is 6.40. The molecule has 16 heteroatoms. The number of anilines is 1. The number of β-lactam (4-membered cyclic amide) rings is 1. The summed E-state index contributed by atoms with van der Waals surface area (Å²) in [5, 5.41) is 26.1. The van der Waals surface area contributed by atoms with Crippen molar-refractivity contribution in [2.45, 2.75) is 34.9 Å². The van der Waals surface area contributed by atoms with Gasteiger partial charge in [0.15, 0.2) is 14.9 Å². The minimum absolute atomic E-state index is 0.0208. The first-order valence-electron chi connectivity index (χ1n) is 9.49. The highest BCUT2D eigenvalue weighted by Crippen LogP contribution is 2.52. The molecule has 2 fully saturated rings. The molecule has 2 aliphatic heterocycles. The zero-order valence-corrected chi connectivity index (χ0v) is 20.0. The number of nitrogens with zero attached hydrogens (tertiary/aromatic N) is 3. The molecule has 0 aromatic carbocycles. The molecule has 0 saturated carbocycles. The van der Waals surface area contributed by atoms with E-state index in [0.717, 1.165) is 34.9 Å². The first kappa shape index (κ1) is 25.1. The minimum Gasteiger partial charge on any atom is -0.480 e. The van der Waals surface area contributed by atoms with Crippen molar-refractivity contribution in [1.82, 2.24) is 15.2 Å². The maximum atomic E-state index is 13.0. The zero-order valence-electron chi connectivity index (χ0n) is 17.5. The Bertz CT molecular complexity index is 1010. The summed E-state index contributed by atoms with van der Waals surface area (Å²) in [6, 6.07) is -1.00. The van der Waals surface area contributed by atoms with Gasteiger partial charge in [-0.25, -0.2) is 14.6 Å². The van der Waals surface area contributed by atoms with Crippen LogP contribution in [-0.2, 0) is 24.0 Å². The summed E-state index contributed by atoms with van der Waals surface area (Å²) in [5.41, 5.74) is 9.07. The van der Waals surface area contributed by atoms with Gasteiger partial charge in [0.05, 0.1) is 6.54 Å². The number of fused-ring (bicyclic) bond motifs is 1. The number of aromatic nitrogens is 1. The molecule has 13 nitrogen and oxygen atoms in total. The second kappa shape index (κ2) is 9.36. The number of carbonyl (C=O) groups is 4. The minimum atomic E-state index is -1.74. The van der Waals surface area contributed by atoms with Crippen LogP contribution in [-0.4, -0.2) is 89.5 Å². The molecule has 0 spiro atoms. The first-order valence-corrected chi connectivity index (χ1v) is 12.2. The second-order valence-electron chi connectivity index (χ2n) is 7.54. The summed E-state index contributed by atoms with van der Waals surface area (Å²) in [5.74, 6) is -3.29. The van der Waals surface area contributed by atoms with Crippen LogP contribution < -0.4 is 16.8 Å². The third kappa shape index (κ3) is 4.87. The molecule has 3 heterocycles. The van der Waals surface area contributed by atoms with Crippen molar-refractivity contribution in [2.24, 2.45) is 10.9 Å². The fourth-order valence-electron chi connectivity index (χ4n) is 2.91. The molecule has 3 rings (SSSR count). The van der Waals surface area contributed by atoms with Gasteiger partial charge in [-0.05, 0) is 13.8 Å². The molecule has 0 radical (unpaired) electrons. The Hall–Kier alpha value is -2.56. The van der Waals surface area contributed by atoms with Gasteiger partial charge in [-0.1, -0.05) is 5.16 Å². The summed E-state index contributed by atoms with van der Waals surface area (Å²) in [4.78, 5) is 59.2. The van der Waals surface area contributed by atoms with E-state index in [4.69, 9.17) is 16.3 Å². The largest absolute Gasteiger partial charge is 0.480 e. The standard InChI is InChI=1S/C17H22N6O7S3/c1-16(2,13(26)27)30-22-8(7-5-31-15(19)20-7)10(24)21-9-11(25)23-6-17(14(28)29,32-4-3-18)33-12(9)23/h5,9,12H,3-4,6,18H2,1-2H3,(H2,19,20)(H,21,24)(H,26,27)(H,28,29)/b22-8-/t9-,12-,17-/m1/s1. The summed E-state index contributed by atoms with van der Waals surface area (Å²) in [7, 11) is 0. The quantitative estimate of drug-likeness (QED) is 0.146. The van der Waals surface area contributed by atoms with Crippen molar-refractivity contribution in [3.05, 3.63) is 11.1 Å². The van der Waals surface area contributed by atoms with Crippen molar-refractivity contribution in [3.63, 3.8) is 0 Å². The molecule has 3 atom stereocenters. The predicted molar refractivity (Wildman–Crippen MR) is 123 cm³/mol. The van der Waals surface area contributed by atoms with Crippen LogP contribution in [0.1, 0.15) is 19.5 Å². The van der Waals surface area contributed by atoms with Gasteiger partial charge in [0.1, 0.15) is 17.1 Å². The van der Waals surface area contributed by atoms with Crippen LogP contribution in [0.2, 0.25) is 0 Å². The van der Waals surface area contributed by atoms with Gasteiger partial charge < -0.3 is 36.7 Å². The number of hydrogen-bond acceptors (Lipinski definition) is 12. The average Bonchev–Trinajstić information content (AvgIpc) is 3.33. The third-order valence-electron chi connectivity index (χ3n) is 4.76. The van der Waals surface area contributed by atoms with Gasteiger partial charge in [-0.3, -0.25) is 9.59 Å². The van der Waals surface area contributed by atoms with E-state index in [0.29, 0.717) is 5.75 Å². The molecule has 1 aromatic rings. The summed E-state index contributed by atoms with van der Waals surface area (Å²) in [6.45, 7) is 2.75. The molecule has 1 aromatic heterocycles. The number of oxime groups is 1. The van der Waals surface area contributed by atoms with E-state index in [9.17, 15) is 29.4 Å². The number of thioether (sulfide) groups is 2. The van der Waals surface area contributed by atoms with E-state index in [1.54, 1.807) is 0 Å². The van der Waals surface area contributed by atoms with E-state index < -0.39 is 44.8 Å². The molecular weight excluding hydrogens is 496 g/mol. The van der Waals surface area contributed by atoms with E-state index in [2.05, 4.69) is 15.5 Å². The summed E-state index contributed by atoms with van der Waals surface area (Å²) in [6.07, 6.45) is 0. The molecule has 180 valence electrons. The number of carbonyl (C=O) groups excluding carboxylic acids is 2. The highest BCUT2D eigenvalue weighted by molar-refractivity contribution is 8.20. The number of aliphatic carboxylic acids is 2. The number of rotatable bonds is 10. The third-order valence-corrected chi connectivity index (χ3v) is 8.74. The molecule has 0 aliphatic carbocycles. The normalized spacial score (nSPS) is 24.8. The van der Waals surface area contributed by atoms with Crippen LogP contribution in [0.25, 0.3) is 0 Å². The average molecular weight is 519 g/mol. The zero-order chi connectivity index (χ0) is 24.6. The van der Waals surface area contributed by atoms with Gasteiger partial charge >= 0.3 is 11.9 Å². The second-order valence-corrected chi connectivity index (χ2v) is 11.5. The lowest BCUT2D eigenvalue weighted by Crippen LogP contribution is -2.68. The Balaban J connectivity index is 1.79. The number of carboxylic acids is 2. The van der Waals surface area contributed by atoms with Crippen LogP contribution in [0.15, 0.2) is 10.5 Å². The molecule has 7 N–H and O–H groups in total. The predicted octanol–water partition coefficient (Wildman–Crippen LogP) is -0.818. The van der Waals surface area contributed by atoms with Gasteiger partial charge in [0, 0.05) is 17.7 Å². The van der Waals surface area contributed by atoms with Gasteiger partial charge in [-0.2, -0.15) is 0 Å². The molecule has 2 saturated heterocycles. The Morgan fingerprint density at radius 3 is 2.70 bits per heavy atom. The number of thiazole rings is 1. The smallest absolute Gasteiger partial charge is 0.350 e. The molecule has 2 aliphatic rings. The van der Waals surface area contributed by atoms with Gasteiger partial charge in [0.2, 0.25) is 11.5 Å². The number of hydrogen-bond donors (Lipinski definition) is 5. The van der Waals surface area contributed by atoms with Crippen LogP contribution in [0.4, 0.5) is 5.13 Å². The fraction of sp³-hybridized carbons (Fsp3) is 0.529. The number of nitrogens with one attached hydrogen (secondary N) is 1. The monoisotopic (exact) mass is 518 g/mol. The van der Waals surface area contributed by atoms with Crippen molar-refractivity contribution < 1.29 is 34.2 Å². The van der Waals surface area contributed by atoms with Crippen LogP contribution in [0, 0.1) is 0 Å². The highest BCUT2D eigenvalue weighted by Gasteiger charge is 2.62. The number of nitrogens with two attached hydrogens (primary N) is 2. The van der Waals surface area contributed by atoms with Crippen molar-refractivity contribution >= 4 is 69.5 Å². The van der Waals surface area contributed by atoms with Gasteiger partial charge in [-0.15, -0.1) is 34.9 Å².